The Morgan fingerprint density at radius 2 is 2.15 bits per heavy atom. The summed E-state index contributed by atoms with van der Waals surface area (Å²) in [4.78, 5) is 25.8. The summed E-state index contributed by atoms with van der Waals surface area (Å²) >= 11 is 0. The molecule has 8 heteroatoms. The third-order valence-electron chi connectivity index (χ3n) is 4.06. The third-order valence-corrected chi connectivity index (χ3v) is 4.06. The lowest BCUT2D eigenvalue weighted by atomic mass is 10.1. The summed E-state index contributed by atoms with van der Waals surface area (Å²) in [6.07, 6.45) is 1.79. The van der Waals surface area contributed by atoms with Gasteiger partial charge < -0.3 is 29.8 Å². The van der Waals surface area contributed by atoms with E-state index in [1.165, 1.54) is 4.90 Å². The van der Waals surface area contributed by atoms with E-state index in [-0.39, 0.29) is 25.0 Å². The van der Waals surface area contributed by atoms with Crippen LogP contribution in [0.2, 0.25) is 0 Å². The zero-order valence-electron chi connectivity index (χ0n) is 14.2. The molecule has 3 amide bonds. The summed E-state index contributed by atoms with van der Waals surface area (Å²) in [7, 11) is 0. The number of carbonyl (C=O) groups excluding carboxylic acids is 2. The molecule has 1 aromatic heterocycles. The van der Waals surface area contributed by atoms with E-state index in [1.807, 2.05) is 6.07 Å². The number of urea groups is 1. The van der Waals surface area contributed by atoms with Crippen LogP contribution in [-0.2, 0) is 11.4 Å². The highest BCUT2D eigenvalue weighted by atomic mass is 16.5. The summed E-state index contributed by atoms with van der Waals surface area (Å²) in [5.41, 5.74) is 0.592. The quantitative estimate of drug-likeness (QED) is 0.726. The Balaban J connectivity index is 1.57. The SMILES string of the molecule is O=C1NCCN(C(=O)Nc2ccc(OCc3ccco3)cc2)C1CCO. The molecule has 0 bridgehead atoms. The van der Waals surface area contributed by atoms with Gasteiger partial charge in [0.05, 0.1) is 6.26 Å². The van der Waals surface area contributed by atoms with Crippen molar-refractivity contribution in [3.05, 3.63) is 48.4 Å². The molecule has 1 unspecified atom stereocenters. The van der Waals surface area contributed by atoms with Crippen molar-refractivity contribution < 1.29 is 23.8 Å². The molecule has 1 atom stereocenters. The number of nitrogens with one attached hydrogen (secondary N) is 2. The van der Waals surface area contributed by atoms with Gasteiger partial charge in [0.25, 0.3) is 0 Å². The van der Waals surface area contributed by atoms with Crippen LogP contribution in [0.3, 0.4) is 0 Å². The number of carbonyl (C=O) groups is 2. The average molecular weight is 359 g/mol. The summed E-state index contributed by atoms with van der Waals surface area (Å²) in [6.45, 7) is 0.953. The first-order chi connectivity index (χ1) is 12.7. The van der Waals surface area contributed by atoms with Crippen LogP contribution >= 0.6 is 0 Å². The molecule has 1 aliphatic rings. The Hall–Kier alpha value is -3.00. The number of aliphatic hydroxyl groups is 1. The van der Waals surface area contributed by atoms with Crippen molar-refractivity contribution in [3.63, 3.8) is 0 Å². The van der Waals surface area contributed by atoms with Gasteiger partial charge in [0.2, 0.25) is 5.91 Å². The fraction of sp³-hybridized carbons (Fsp3) is 0.333. The number of nitrogens with zero attached hydrogens (tertiary/aromatic N) is 1. The highest BCUT2D eigenvalue weighted by Crippen LogP contribution is 2.18. The molecule has 1 aromatic carbocycles. The minimum atomic E-state index is -0.662. The summed E-state index contributed by atoms with van der Waals surface area (Å²) in [6, 6.07) is 9.52. The first-order valence-corrected chi connectivity index (χ1v) is 8.39. The van der Waals surface area contributed by atoms with Crippen molar-refractivity contribution in [3.8, 4) is 5.75 Å². The van der Waals surface area contributed by atoms with Gasteiger partial charge in [0.1, 0.15) is 24.2 Å². The Morgan fingerprint density at radius 1 is 1.35 bits per heavy atom. The van der Waals surface area contributed by atoms with Gasteiger partial charge in [-0.1, -0.05) is 0 Å². The molecule has 2 heterocycles. The highest BCUT2D eigenvalue weighted by Gasteiger charge is 2.32. The number of rotatable bonds is 6. The number of aliphatic hydroxyl groups excluding tert-OH is 1. The van der Waals surface area contributed by atoms with Gasteiger partial charge in [0, 0.05) is 25.4 Å². The molecule has 2 aromatic rings. The molecule has 3 rings (SSSR count). The molecule has 1 fully saturated rings. The molecule has 0 aliphatic carbocycles. The predicted molar refractivity (Wildman–Crippen MR) is 93.7 cm³/mol. The van der Waals surface area contributed by atoms with Crippen LogP contribution in [0.15, 0.2) is 47.1 Å². The van der Waals surface area contributed by atoms with Crippen LogP contribution < -0.4 is 15.4 Å². The summed E-state index contributed by atoms with van der Waals surface area (Å²) < 4.78 is 10.8. The minimum absolute atomic E-state index is 0.163. The van der Waals surface area contributed by atoms with Crippen molar-refractivity contribution in [1.82, 2.24) is 10.2 Å². The zero-order chi connectivity index (χ0) is 18.4. The number of furan rings is 1. The number of hydrogen-bond acceptors (Lipinski definition) is 5. The van der Waals surface area contributed by atoms with E-state index in [2.05, 4.69) is 10.6 Å². The lowest BCUT2D eigenvalue weighted by molar-refractivity contribution is -0.128. The molecule has 0 spiro atoms. The second-order valence-corrected chi connectivity index (χ2v) is 5.84. The number of ether oxygens (including phenoxy) is 1. The van der Waals surface area contributed by atoms with Crippen molar-refractivity contribution in [1.29, 1.82) is 0 Å². The van der Waals surface area contributed by atoms with Crippen molar-refractivity contribution in [2.45, 2.75) is 19.1 Å². The molecule has 8 nitrogen and oxygen atoms in total. The minimum Gasteiger partial charge on any atom is -0.486 e. The van der Waals surface area contributed by atoms with Gasteiger partial charge in [-0.05, 0) is 42.8 Å². The highest BCUT2D eigenvalue weighted by molar-refractivity contribution is 5.94. The Labute approximate surface area is 150 Å². The second kappa shape index (κ2) is 8.39. The van der Waals surface area contributed by atoms with E-state index < -0.39 is 6.04 Å². The molecule has 1 saturated heterocycles. The maximum atomic E-state index is 12.5. The number of benzene rings is 1. The largest absolute Gasteiger partial charge is 0.486 e. The lowest BCUT2D eigenvalue weighted by Crippen LogP contribution is -2.58. The summed E-state index contributed by atoms with van der Waals surface area (Å²) in [5.74, 6) is 1.12. The van der Waals surface area contributed by atoms with Crippen molar-refractivity contribution in [2.24, 2.45) is 0 Å². The van der Waals surface area contributed by atoms with Gasteiger partial charge in [0.15, 0.2) is 0 Å². The van der Waals surface area contributed by atoms with E-state index >= 15 is 0 Å². The van der Waals surface area contributed by atoms with E-state index in [0.29, 0.717) is 31.1 Å². The van der Waals surface area contributed by atoms with Crippen LogP contribution in [0.1, 0.15) is 12.2 Å². The first kappa shape index (κ1) is 17.8. The number of anilines is 1. The van der Waals surface area contributed by atoms with Gasteiger partial charge in [-0.25, -0.2) is 4.79 Å². The maximum Gasteiger partial charge on any atom is 0.322 e. The van der Waals surface area contributed by atoms with E-state index in [0.717, 1.165) is 5.76 Å². The summed E-state index contributed by atoms with van der Waals surface area (Å²) in [5, 5.41) is 14.6. The van der Waals surface area contributed by atoms with Gasteiger partial charge >= 0.3 is 6.03 Å². The Bertz CT molecular complexity index is 730. The topological polar surface area (TPSA) is 104 Å². The van der Waals surface area contributed by atoms with E-state index in [9.17, 15) is 9.59 Å². The molecular formula is C18H21N3O5. The Morgan fingerprint density at radius 3 is 2.85 bits per heavy atom. The smallest absolute Gasteiger partial charge is 0.322 e. The van der Waals surface area contributed by atoms with E-state index in [1.54, 1.807) is 36.6 Å². The molecular weight excluding hydrogens is 338 g/mol. The molecule has 3 N–H and O–H groups in total. The molecule has 138 valence electrons. The standard InChI is InChI=1S/C18H21N3O5/c22-10-7-16-17(23)19-8-9-21(16)18(24)20-13-3-5-14(6-4-13)26-12-15-2-1-11-25-15/h1-6,11,16,22H,7-10,12H2,(H,19,23)(H,20,24). The van der Waals surface area contributed by atoms with Crippen LogP contribution in [0.5, 0.6) is 5.75 Å². The fourth-order valence-electron chi connectivity index (χ4n) is 2.75. The fourth-order valence-corrected chi connectivity index (χ4v) is 2.75. The normalized spacial score (nSPS) is 16.9. The maximum absolute atomic E-state index is 12.5. The Kier molecular flexibility index (Phi) is 5.75. The monoisotopic (exact) mass is 359 g/mol. The van der Waals surface area contributed by atoms with E-state index in [4.69, 9.17) is 14.3 Å². The van der Waals surface area contributed by atoms with Crippen LogP contribution in [0.25, 0.3) is 0 Å². The van der Waals surface area contributed by atoms with Gasteiger partial charge in [-0.2, -0.15) is 0 Å². The van der Waals surface area contributed by atoms with Crippen LogP contribution in [0, 0.1) is 0 Å². The average Bonchev–Trinajstić information content (AvgIpc) is 3.16. The zero-order valence-corrected chi connectivity index (χ0v) is 14.2. The van der Waals surface area contributed by atoms with Crippen molar-refractivity contribution in [2.75, 3.05) is 25.0 Å². The van der Waals surface area contributed by atoms with Crippen LogP contribution in [0.4, 0.5) is 10.5 Å². The van der Waals surface area contributed by atoms with Crippen LogP contribution in [-0.4, -0.2) is 47.7 Å². The first-order valence-electron chi connectivity index (χ1n) is 8.39. The lowest BCUT2D eigenvalue weighted by Gasteiger charge is -2.34. The number of piperazine rings is 1. The third kappa shape index (κ3) is 4.34. The van der Waals surface area contributed by atoms with Gasteiger partial charge in [-0.3, -0.25) is 4.79 Å². The predicted octanol–water partition coefficient (Wildman–Crippen LogP) is 1.57. The van der Waals surface area contributed by atoms with Crippen molar-refractivity contribution >= 4 is 17.6 Å². The molecule has 1 aliphatic heterocycles. The number of hydrogen-bond donors (Lipinski definition) is 3. The number of amides is 3. The molecule has 26 heavy (non-hydrogen) atoms. The molecule has 0 radical (unpaired) electrons. The van der Waals surface area contributed by atoms with Gasteiger partial charge in [-0.15, -0.1) is 0 Å². The second-order valence-electron chi connectivity index (χ2n) is 5.84. The molecule has 0 saturated carbocycles.